The molecule has 2 aromatic carbocycles. The molecule has 0 fully saturated rings. The van der Waals surface area contributed by atoms with E-state index in [1.54, 1.807) is 12.1 Å². The topological polar surface area (TPSA) is 17.1 Å². The Hall–Kier alpha value is -1.96. The molecule has 2 heteroatoms. The second-order valence-corrected chi connectivity index (χ2v) is 3.98. The van der Waals surface area contributed by atoms with Gasteiger partial charge in [-0.1, -0.05) is 42.5 Å². The summed E-state index contributed by atoms with van der Waals surface area (Å²) in [5.74, 6) is -0.419. The summed E-state index contributed by atoms with van der Waals surface area (Å²) >= 11 is 0. The van der Waals surface area contributed by atoms with Crippen molar-refractivity contribution in [3.05, 3.63) is 71.5 Å². The first-order valence-corrected chi connectivity index (χ1v) is 5.54. The zero-order valence-corrected chi connectivity index (χ0v) is 9.34. The number of hydrogen-bond donors (Lipinski definition) is 0. The summed E-state index contributed by atoms with van der Waals surface area (Å²) in [5.41, 5.74) is 1.96. The van der Waals surface area contributed by atoms with Crippen LogP contribution < -0.4 is 0 Å². The molecule has 0 amide bonds. The molecule has 2 rings (SSSR count). The second-order valence-electron chi connectivity index (χ2n) is 3.98. The van der Waals surface area contributed by atoms with Crippen molar-refractivity contribution < 1.29 is 9.18 Å². The summed E-state index contributed by atoms with van der Waals surface area (Å²) in [7, 11) is 0. The quantitative estimate of drug-likeness (QED) is 0.733. The van der Waals surface area contributed by atoms with Crippen molar-refractivity contribution in [1.82, 2.24) is 0 Å². The summed E-state index contributed by atoms with van der Waals surface area (Å²) in [5, 5.41) is 0. The van der Waals surface area contributed by atoms with Crippen LogP contribution in [0.25, 0.3) is 0 Å². The molecule has 0 heterocycles. The van der Waals surface area contributed by atoms with Crippen LogP contribution in [-0.4, -0.2) is 6.29 Å². The molecule has 0 aromatic heterocycles. The van der Waals surface area contributed by atoms with E-state index in [-0.39, 0.29) is 11.7 Å². The molecule has 0 spiro atoms. The predicted octanol–water partition coefficient (Wildman–Crippen LogP) is 3.35. The SMILES string of the molecule is O=CC(Cc1ccc(F)cc1)c1ccccc1. The van der Waals surface area contributed by atoms with Crippen LogP contribution in [0.2, 0.25) is 0 Å². The average molecular weight is 228 g/mol. The van der Waals surface area contributed by atoms with Gasteiger partial charge in [-0.05, 0) is 29.7 Å². The molecule has 1 nitrogen and oxygen atoms in total. The van der Waals surface area contributed by atoms with Gasteiger partial charge in [-0.3, -0.25) is 0 Å². The third-order valence-corrected chi connectivity index (χ3v) is 2.76. The number of rotatable bonds is 4. The van der Waals surface area contributed by atoms with E-state index in [1.165, 1.54) is 12.1 Å². The molecule has 2 aromatic rings. The van der Waals surface area contributed by atoms with Gasteiger partial charge in [0.2, 0.25) is 0 Å². The van der Waals surface area contributed by atoms with Gasteiger partial charge in [0.25, 0.3) is 0 Å². The first-order chi connectivity index (χ1) is 8.29. The van der Waals surface area contributed by atoms with Crippen LogP contribution in [0.1, 0.15) is 17.0 Å². The maximum absolute atomic E-state index is 12.8. The fourth-order valence-electron chi connectivity index (χ4n) is 1.82. The summed E-state index contributed by atoms with van der Waals surface area (Å²) in [6.45, 7) is 0. The summed E-state index contributed by atoms with van der Waals surface area (Å²) in [4.78, 5) is 11.1. The van der Waals surface area contributed by atoms with Gasteiger partial charge in [0, 0.05) is 5.92 Å². The molecular formula is C15H13FO. The highest BCUT2D eigenvalue weighted by molar-refractivity contribution is 5.62. The lowest BCUT2D eigenvalue weighted by Crippen LogP contribution is -2.04. The minimum atomic E-state index is -0.254. The van der Waals surface area contributed by atoms with Gasteiger partial charge in [0.05, 0.1) is 0 Å². The van der Waals surface area contributed by atoms with E-state index >= 15 is 0 Å². The van der Waals surface area contributed by atoms with E-state index in [1.807, 2.05) is 30.3 Å². The molecule has 0 aliphatic rings. The number of carbonyl (C=O) groups is 1. The minimum Gasteiger partial charge on any atom is -0.303 e. The lowest BCUT2D eigenvalue weighted by molar-refractivity contribution is -0.109. The second kappa shape index (κ2) is 5.39. The van der Waals surface area contributed by atoms with Crippen molar-refractivity contribution in [3.8, 4) is 0 Å². The molecule has 0 radical (unpaired) electrons. The van der Waals surface area contributed by atoms with E-state index in [9.17, 15) is 9.18 Å². The van der Waals surface area contributed by atoms with E-state index in [4.69, 9.17) is 0 Å². The van der Waals surface area contributed by atoms with Crippen LogP contribution >= 0.6 is 0 Å². The molecule has 0 aliphatic carbocycles. The summed E-state index contributed by atoms with van der Waals surface area (Å²) < 4.78 is 12.8. The highest BCUT2D eigenvalue weighted by Gasteiger charge is 2.10. The summed E-state index contributed by atoms with van der Waals surface area (Å²) in [6.07, 6.45) is 1.55. The Kier molecular flexibility index (Phi) is 3.66. The number of benzene rings is 2. The maximum Gasteiger partial charge on any atom is 0.127 e. The van der Waals surface area contributed by atoms with E-state index in [0.717, 1.165) is 17.4 Å². The Morgan fingerprint density at radius 3 is 2.24 bits per heavy atom. The fourth-order valence-corrected chi connectivity index (χ4v) is 1.82. The van der Waals surface area contributed by atoms with Crippen molar-refractivity contribution in [1.29, 1.82) is 0 Å². The Bertz CT molecular complexity index is 476. The van der Waals surface area contributed by atoms with Gasteiger partial charge in [0.15, 0.2) is 0 Å². The zero-order chi connectivity index (χ0) is 12.1. The monoisotopic (exact) mass is 228 g/mol. The van der Waals surface area contributed by atoms with Crippen LogP contribution in [0.15, 0.2) is 54.6 Å². The van der Waals surface area contributed by atoms with Gasteiger partial charge in [-0.25, -0.2) is 4.39 Å². The van der Waals surface area contributed by atoms with E-state index in [0.29, 0.717) is 6.42 Å². The standard InChI is InChI=1S/C15H13FO/c16-15-8-6-12(7-9-15)10-14(11-17)13-4-2-1-3-5-13/h1-9,11,14H,10H2. The van der Waals surface area contributed by atoms with Gasteiger partial charge >= 0.3 is 0 Å². The number of halogens is 1. The fraction of sp³-hybridized carbons (Fsp3) is 0.133. The molecule has 17 heavy (non-hydrogen) atoms. The highest BCUT2D eigenvalue weighted by atomic mass is 19.1. The lowest BCUT2D eigenvalue weighted by atomic mass is 9.93. The van der Waals surface area contributed by atoms with Crippen molar-refractivity contribution in [2.24, 2.45) is 0 Å². The molecule has 1 unspecified atom stereocenters. The van der Waals surface area contributed by atoms with Crippen LogP contribution in [-0.2, 0) is 11.2 Å². The average Bonchev–Trinajstić information content (AvgIpc) is 2.39. The van der Waals surface area contributed by atoms with E-state index < -0.39 is 0 Å². The Labute approximate surface area is 99.9 Å². The molecule has 0 aliphatic heterocycles. The lowest BCUT2D eigenvalue weighted by Gasteiger charge is -2.10. The van der Waals surface area contributed by atoms with Crippen molar-refractivity contribution in [2.75, 3.05) is 0 Å². The third kappa shape index (κ3) is 3.00. The number of aldehydes is 1. The Morgan fingerprint density at radius 2 is 1.65 bits per heavy atom. The predicted molar refractivity (Wildman–Crippen MR) is 65.4 cm³/mol. The van der Waals surface area contributed by atoms with Crippen molar-refractivity contribution in [3.63, 3.8) is 0 Å². The smallest absolute Gasteiger partial charge is 0.127 e. The summed E-state index contributed by atoms with van der Waals surface area (Å²) in [6, 6.07) is 15.9. The molecule has 0 bridgehead atoms. The van der Waals surface area contributed by atoms with Crippen LogP contribution in [0.3, 0.4) is 0 Å². The molecule has 0 saturated carbocycles. The third-order valence-electron chi connectivity index (χ3n) is 2.76. The van der Waals surface area contributed by atoms with Gasteiger partial charge in [-0.15, -0.1) is 0 Å². The largest absolute Gasteiger partial charge is 0.303 e. The number of hydrogen-bond acceptors (Lipinski definition) is 1. The first-order valence-electron chi connectivity index (χ1n) is 5.54. The van der Waals surface area contributed by atoms with E-state index in [2.05, 4.69) is 0 Å². The van der Waals surface area contributed by atoms with Gasteiger partial charge in [-0.2, -0.15) is 0 Å². The zero-order valence-electron chi connectivity index (χ0n) is 9.34. The normalized spacial score (nSPS) is 12.1. The van der Waals surface area contributed by atoms with Crippen LogP contribution in [0.5, 0.6) is 0 Å². The molecule has 1 atom stereocenters. The molecule has 0 N–H and O–H groups in total. The Balaban J connectivity index is 2.16. The molecule has 86 valence electrons. The first kappa shape index (κ1) is 11.5. The van der Waals surface area contributed by atoms with Crippen molar-refractivity contribution >= 4 is 6.29 Å². The minimum absolute atomic E-state index is 0.165. The van der Waals surface area contributed by atoms with Gasteiger partial charge in [0.1, 0.15) is 12.1 Å². The van der Waals surface area contributed by atoms with Crippen LogP contribution in [0, 0.1) is 5.82 Å². The van der Waals surface area contributed by atoms with Gasteiger partial charge < -0.3 is 4.79 Å². The van der Waals surface area contributed by atoms with Crippen LogP contribution in [0.4, 0.5) is 4.39 Å². The number of carbonyl (C=O) groups excluding carboxylic acids is 1. The molecular weight excluding hydrogens is 215 g/mol. The highest BCUT2D eigenvalue weighted by Crippen LogP contribution is 2.18. The maximum atomic E-state index is 12.8. The molecule has 0 saturated heterocycles. The van der Waals surface area contributed by atoms with Crippen molar-refractivity contribution in [2.45, 2.75) is 12.3 Å². The Morgan fingerprint density at radius 1 is 1.00 bits per heavy atom.